The molecule has 1 aliphatic heterocycles. The summed E-state index contributed by atoms with van der Waals surface area (Å²) < 4.78 is 0. The number of carbonyl (C=O) groups is 1. The maximum absolute atomic E-state index is 11.3. The van der Waals surface area contributed by atoms with Gasteiger partial charge in [-0.25, -0.2) is 4.79 Å². The third-order valence-electron chi connectivity index (χ3n) is 3.40. The van der Waals surface area contributed by atoms with Crippen molar-refractivity contribution in [1.82, 2.24) is 0 Å². The number of nitro benzene ring substituents is 1. The smallest absolute Gasteiger partial charge is 0.326 e. The van der Waals surface area contributed by atoms with Gasteiger partial charge in [0.25, 0.3) is 5.69 Å². The molecule has 1 aliphatic rings. The summed E-state index contributed by atoms with van der Waals surface area (Å²) in [5.74, 6) is -0.886. The Morgan fingerprint density at radius 2 is 2.26 bits per heavy atom. The molecule has 0 saturated carbocycles. The van der Waals surface area contributed by atoms with E-state index in [9.17, 15) is 20.0 Å². The summed E-state index contributed by atoms with van der Waals surface area (Å²) in [4.78, 5) is 23.1. The number of aliphatic carboxylic acids is 1. The second-order valence-electron chi connectivity index (χ2n) is 4.64. The second-order valence-corrected chi connectivity index (χ2v) is 5.04. The molecule has 1 fully saturated rings. The highest BCUT2D eigenvalue weighted by Crippen LogP contribution is 2.36. The fourth-order valence-electron chi connectivity index (χ4n) is 2.44. The fourth-order valence-corrected chi connectivity index (χ4v) is 2.72. The van der Waals surface area contributed by atoms with Crippen molar-refractivity contribution in [3.05, 3.63) is 33.3 Å². The van der Waals surface area contributed by atoms with E-state index in [0.717, 1.165) is 6.42 Å². The summed E-state index contributed by atoms with van der Waals surface area (Å²) >= 11 is 6.03. The number of non-ortho nitro benzene ring substituents is 1. The van der Waals surface area contributed by atoms with Crippen LogP contribution in [0.15, 0.2) is 18.2 Å². The number of halogens is 1. The van der Waals surface area contributed by atoms with Crippen LogP contribution in [0, 0.1) is 16.0 Å². The van der Waals surface area contributed by atoms with Gasteiger partial charge in [-0.2, -0.15) is 0 Å². The topological polar surface area (TPSA) is 83.7 Å². The first-order chi connectivity index (χ1) is 8.91. The lowest BCUT2D eigenvalue weighted by Crippen LogP contribution is -2.39. The zero-order chi connectivity index (χ0) is 14.2. The van der Waals surface area contributed by atoms with Gasteiger partial charge in [-0.05, 0) is 18.4 Å². The number of carboxylic acid groups (broad SMARTS) is 1. The number of rotatable bonds is 3. The molecule has 19 heavy (non-hydrogen) atoms. The van der Waals surface area contributed by atoms with E-state index in [1.54, 1.807) is 4.90 Å². The molecule has 1 saturated heterocycles. The summed E-state index contributed by atoms with van der Waals surface area (Å²) in [5.41, 5.74) is 0.428. The van der Waals surface area contributed by atoms with Gasteiger partial charge in [0.1, 0.15) is 6.04 Å². The Labute approximate surface area is 114 Å². The van der Waals surface area contributed by atoms with E-state index in [1.807, 2.05) is 6.92 Å². The molecule has 0 spiro atoms. The Kier molecular flexibility index (Phi) is 3.61. The van der Waals surface area contributed by atoms with Gasteiger partial charge in [-0.3, -0.25) is 10.1 Å². The molecule has 2 rings (SSSR count). The van der Waals surface area contributed by atoms with E-state index >= 15 is 0 Å². The van der Waals surface area contributed by atoms with Crippen molar-refractivity contribution in [3.8, 4) is 0 Å². The van der Waals surface area contributed by atoms with Gasteiger partial charge in [0.15, 0.2) is 0 Å². The van der Waals surface area contributed by atoms with E-state index in [-0.39, 0.29) is 16.6 Å². The highest BCUT2D eigenvalue weighted by Gasteiger charge is 2.37. The highest BCUT2D eigenvalue weighted by molar-refractivity contribution is 6.33. The fraction of sp³-hybridized carbons (Fsp3) is 0.417. The van der Waals surface area contributed by atoms with Gasteiger partial charge in [0.2, 0.25) is 0 Å². The minimum atomic E-state index is -0.903. The molecule has 0 amide bonds. The van der Waals surface area contributed by atoms with Crippen molar-refractivity contribution in [2.75, 3.05) is 11.4 Å². The van der Waals surface area contributed by atoms with Gasteiger partial charge in [-0.1, -0.05) is 18.5 Å². The highest BCUT2D eigenvalue weighted by atomic mass is 35.5. The summed E-state index contributed by atoms with van der Waals surface area (Å²) in [5, 5.41) is 20.1. The number of nitro groups is 1. The minimum absolute atomic E-state index is 0.0174. The van der Waals surface area contributed by atoms with Crippen LogP contribution in [0.25, 0.3) is 0 Å². The molecular formula is C12H13ClN2O4. The van der Waals surface area contributed by atoms with Crippen LogP contribution in [0.1, 0.15) is 13.3 Å². The second kappa shape index (κ2) is 5.05. The van der Waals surface area contributed by atoms with Crippen LogP contribution in [-0.4, -0.2) is 28.6 Å². The average Bonchev–Trinajstić information content (AvgIpc) is 2.70. The van der Waals surface area contributed by atoms with Crippen LogP contribution in [0.2, 0.25) is 5.02 Å². The number of benzene rings is 1. The molecule has 1 aromatic rings. The molecule has 0 bridgehead atoms. The maximum Gasteiger partial charge on any atom is 0.326 e. The monoisotopic (exact) mass is 284 g/mol. The summed E-state index contributed by atoms with van der Waals surface area (Å²) in [6.07, 6.45) is 0.754. The molecule has 0 aromatic heterocycles. The summed E-state index contributed by atoms with van der Waals surface area (Å²) in [6.45, 7) is 2.45. The molecule has 0 aliphatic carbocycles. The largest absolute Gasteiger partial charge is 0.480 e. The molecule has 1 aromatic carbocycles. The molecule has 1 heterocycles. The molecular weight excluding hydrogens is 272 g/mol. The van der Waals surface area contributed by atoms with Crippen LogP contribution in [0.4, 0.5) is 11.4 Å². The SMILES string of the molecule is CC1CCN(c2ccc([N+](=O)[O-])cc2Cl)C1C(=O)O. The first-order valence-electron chi connectivity index (χ1n) is 5.85. The van der Waals surface area contributed by atoms with Crippen LogP contribution < -0.4 is 4.90 Å². The van der Waals surface area contributed by atoms with Crippen LogP contribution >= 0.6 is 11.6 Å². The van der Waals surface area contributed by atoms with Crippen LogP contribution in [-0.2, 0) is 4.79 Å². The summed E-state index contributed by atoms with van der Waals surface area (Å²) in [6, 6.07) is 3.45. The first-order valence-corrected chi connectivity index (χ1v) is 6.23. The molecule has 2 atom stereocenters. The Morgan fingerprint density at radius 1 is 1.58 bits per heavy atom. The zero-order valence-electron chi connectivity index (χ0n) is 10.2. The normalized spacial score (nSPS) is 22.5. The van der Waals surface area contributed by atoms with E-state index < -0.39 is 16.9 Å². The molecule has 0 radical (unpaired) electrons. The Hall–Kier alpha value is -1.82. The molecule has 102 valence electrons. The van der Waals surface area contributed by atoms with Crippen molar-refractivity contribution in [3.63, 3.8) is 0 Å². The quantitative estimate of drug-likeness (QED) is 0.681. The predicted molar refractivity (Wildman–Crippen MR) is 70.7 cm³/mol. The van der Waals surface area contributed by atoms with Gasteiger partial charge in [0.05, 0.1) is 15.6 Å². The number of nitrogens with zero attached hydrogens (tertiary/aromatic N) is 2. The van der Waals surface area contributed by atoms with Gasteiger partial charge in [0, 0.05) is 18.7 Å². The average molecular weight is 285 g/mol. The van der Waals surface area contributed by atoms with E-state index in [0.29, 0.717) is 12.2 Å². The Balaban J connectivity index is 2.36. The number of anilines is 1. The zero-order valence-corrected chi connectivity index (χ0v) is 11.0. The van der Waals surface area contributed by atoms with E-state index in [4.69, 9.17) is 11.6 Å². The lowest BCUT2D eigenvalue weighted by Gasteiger charge is -2.26. The van der Waals surface area contributed by atoms with Gasteiger partial charge < -0.3 is 10.0 Å². The predicted octanol–water partition coefficient (Wildman–Crippen LogP) is 2.55. The standard InChI is InChI=1S/C12H13ClN2O4/c1-7-4-5-14(11(7)12(16)17)10-3-2-8(15(18)19)6-9(10)13/h2-3,6-7,11H,4-5H2,1H3,(H,16,17). The van der Waals surface area contributed by atoms with Crippen molar-refractivity contribution in [1.29, 1.82) is 0 Å². The van der Waals surface area contributed by atoms with E-state index in [1.165, 1.54) is 18.2 Å². The van der Waals surface area contributed by atoms with Gasteiger partial charge >= 0.3 is 5.97 Å². The lowest BCUT2D eigenvalue weighted by atomic mass is 10.0. The van der Waals surface area contributed by atoms with Crippen LogP contribution in [0.3, 0.4) is 0 Å². The Bertz CT molecular complexity index is 534. The molecule has 6 nitrogen and oxygen atoms in total. The Morgan fingerprint density at radius 3 is 2.79 bits per heavy atom. The third kappa shape index (κ3) is 2.49. The summed E-state index contributed by atoms with van der Waals surface area (Å²) in [7, 11) is 0. The van der Waals surface area contributed by atoms with Gasteiger partial charge in [-0.15, -0.1) is 0 Å². The molecule has 1 N–H and O–H groups in total. The third-order valence-corrected chi connectivity index (χ3v) is 3.71. The maximum atomic E-state index is 11.3. The van der Waals surface area contributed by atoms with Crippen molar-refractivity contribution < 1.29 is 14.8 Å². The number of carboxylic acids is 1. The minimum Gasteiger partial charge on any atom is -0.480 e. The van der Waals surface area contributed by atoms with Crippen molar-refractivity contribution >= 4 is 28.9 Å². The number of hydrogen-bond acceptors (Lipinski definition) is 4. The molecule has 7 heteroatoms. The first kappa shape index (κ1) is 13.6. The van der Waals surface area contributed by atoms with E-state index in [2.05, 4.69) is 0 Å². The van der Waals surface area contributed by atoms with Crippen molar-refractivity contribution in [2.24, 2.45) is 5.92 Å². The van der Waals surface area contributed by atoms with Crippen LogP contribution in [0.5, 0.6) is 0 Å². The number of hydrogen-bond donors (Lipinski definition) is 1. The van der Waals surface area contributed by atoms with Crippen molar-refractivity contribution in [2.45, 2.75) is 19.4 Å². The molecule has 2 unspecified atom stereocenters. The lowest BCUT2D eigenvalue weighted by molar-refractivity contribution is -0.384.